The van der Waals surface area contributed by atoms with Crippen molar-refractivity contribution in [1.82, 2.24) is 0 Å². The number of ether oxygens (including phenoxy) is 1. The van der Waals surface area contributed by atoms with Crippen LogP contribution in [0.4, 0.5) is 23.2 Å². The Balaban J connectivity index is 1.76. The second-order valence-electron chi connectivity index (χ2n) is 8.82. The number of alkyl halides is 3. The van der Waals surface area contributed by atoms with Crippen molar-refractivity contribution in [3.8, 4) is 5.75 Å². The van der Waals surface area contributed by atoms with E-state index in [0.29, 0.717) is 17.2 Å². The van der Waals surface area contributed by atoms with Crippen molar-refractivity contribution < 1.29 is 40.6 Å². The van der Waals surface area contributed by atoms with E-state index in [1.54, 1.807) is 24.3 Å². The van der Waals surface area contributed by atoms with Gasteiger partial charge in [-0.3, -0.25) is 9.10 Å². The van der Waals surface area contributed by atoms with Crippen LogP contribution in [-0.4, -0.2) is 32.1 Å². The van der Waals surface area contributed by atoms with Gasteiger partial charge in [0.1, 0.15) is 17.7 Å². The molecule has 3 aromatic rings. The third-order valence-electron chi connectivity index (χ3n) is 5.95. The van der Waals surface area contributed by atoms with Gasteiger partial charge in [0, 0.05) is 12.0 Å². The van der Waals surface area contributed by atoms with Crippen molar-refractivity contribution in [2.24, 2.45) is 0 Å². The highest BCUT2D eigenvalue weighted by atomic mass is 32.2. The predicted molar refractivity (Wildman–Crippen MR) is 134 cm³/mol. The summed E-state index contributed by atoms with van der Waals surface area (Å²) >= 11 is 0. The molecule has 1 N–H and O–H groups in total. The first-order valence-electron chi connectivity index (χ1n) is 11.5. The zero-order chi connectivity index (χ0) is 27.7. The number of carboxylic acids is 1. The molecule has 200 valence electrons. The first-order valence-corrected chi connectivity index (χ1v) is 13.0. The van der Waals surface area contributed by atoms with Crippen molar-refractivity contribution in [1.29, 1.82) is 0 Å². The number of rotatable bonds is 7. The van der Waals surface area contributed by atoms with Gasteiger partial charge in [-0.25, -0.2) is 12.8 Å². The normalized spacial score (nSPS) is 15.8. The van der Waals surface area contributed by atoms with Crippen LogP contribution in [-0.2, 0) is 21.0 Å². The minimum atomic E-state index is -4.75. The Kier molecular flexibility index (Phi) is 7.50. The Labute approximate surface area is 216 Å². The maximum atomic E-state index is 14.2. The van der Waals surface area contributed by atoms with Crippen molar-refractivity contribution in [3.05, 3.63) is 88.7 Å². The van der Waals surface area contributed by atoms with Crippen LogP contribution >= 0.6 is 0 Å². The van der Waals surface area contributed by atoms with Crippen LogP contribution in [0.2, 0.25) is 0 Å². The zero-order valence-electron chi connectivity index (χ0n) is 20.1. The molecule has 1 unspecified atom stereocenters. The van der Waals surface area contributed by atoms with Crippen LogP contribution in [0.1, 0.15) is 35.1 Å². The minimum Gasteiger partial charge on any atom is -0.486 e. The van der Waals surface area contributed by atoms with Gasteiger partial charge >= 0.3 is 12.1 Å². The number of fused-ring (bicyclic) bond motifs is 1. The lowest BCUT2D eigenvalue weighted by atomic mass is 10.1. The molecule has 1 atom stereocenters. The summed E-state index contributed by atoms with van der Waals surface area (Å²) in [5, 5.41) is 9.05. The molecule has 0 saturated heterocycles. The molecule has 1 heterocycles. The van der Waals surface area contributed by atoms with E-state index in [1.165, 1.54) is 24.3 Å². The van der Waals surface area contributed by atoms with Gasteiger partial charge in [-0.15, -0.1) is 0 Å². The molecule has 0 spiro atoms. The molecule has 38 heavy (non-hydrogen) atoms. The van der Waals surface area contributed by atoms with Gasteiger partial charge in [-0.1, -0.05) is 35.9 Å². The number of nitrogens with zero attached hydrogens (tertiary/aromatic N) is 1. The Morgan fingerprint density at radius 3 is 2.58 bits per heavy atom. The molecule has 4 rings (SSSR count). The molecule has 0 fully saturated rings. The van der Waals surface area contributed by atoms with Gasteiger partial charge in [-0.2, -0.15) is 13.2 Å². The minimum absolute atomic E-state index is 0.0162. The zero-order valence-corrected chi connectivity index (χ0v) is 20.9. The van der Waals surface area contributed by atoms with Gasteiger partial charge in [0.05, 0.1) is 22.7 Å². The summed E-state index contributed by atoms with van der Waals surface area (Å²) < 4.78 is 88.0. The maximum Gasteiger partial charge on any atom is 0.416 e. The number of hydrogen-bond donors (Lipinski definition) is 1. The molecule has 3 aromatic carbocycles. The topological polar surface area (TPSA) is 83.9 Å². The molecular weight excluding hydrogens is 526 g/mol. The Morgan fingerprint density at radius 2 is 1.87 bits per heavy atom. The van der Waals surface area contributed by atoms with Gasteiger partial charge in [-0.05, 0) is 61.4 Å². The number of carbonyl (C=O) groups is 1. The molecule has 0 saturated carbocycles. The van der Waals surface area contributed by atoms with E-state index in [9.17, 15) is 30.8 Å². The molecule has 0 aliphatic carbocycles. The Morgan fingerprint density at radius 1 is 1.11 bits per heavy atom. The lowest BCUT2D eigenvalue weighted by molar-refractivity contribution is -0.138. The predicted octanol–water partition coefficient (Wildman–Crippen LogP) is 6.14. The fourth-order valence-corrected chi connectivity index (χ4v) is 5.58. The quantitative estimate of drug-likeness (QED) is 0.283. The number of aliphatic carboxylic acids is 1. The summed E-state index contributed by atoms with van der Waals surface area (Å²) in [6.45, 7) is 1.50. The highest BCUT2D eigenvalue weighted by Crippen LogP contribution is 2.40. The van der Waals surface area contributed by atoms with Crippen LogP contribution in [0, 0.1) is 12.7 Å². The van der Waals surface area contributed by atoms with E-state index in [1.807, 2.05) is 6.92 Å². The molecular formula is C27H23F4NO5S. The summed E-state index contributed by atoms with van der Waals surface area (Å²) in [5.74, 6) is -1.42. The average Bonchev–Trinajstić information content (AvgIpc) is 2.87. The summed E-state index contributed by atoms with van der Waals surface area (Å²) in [4.78, 5) is 10.5. The van der Waals surface area contributed by atoms with Crippen LogP contribution in [0.5, 0.6) is 5.75 Å². The standard InChI is InChI=1S/C27H23F4NO5S/c1-17-5-10-23(28)19(13-17)8-6-18-7-11-25-24(14-18)32(16-21(37-25)9-12-26(33)34)38(35,36)22-4-2-3-20(15-22)27(29,30)31/h2-8,10-11,13-15,21H,9,12,16H2,1H3,(H,33,34). The molecule has 6 nitrogen and oxygen atoms in total. The van der Waals surface area contributed by atoms with Crippen LogP contribution in [0.15, 0.2) is 65.6 Å². The first kappa shape index (κ1) is 27.2. The molecule has 0 bridgehead atoms. The summed E-state index contributed by atoms with van der Waals surface area (Å²) in [5.41, 5.74) is 0.602. The van der Waals surface area contributed by atoms with E-state index >= 15 is 0 Å². The van der Waals surface area contributed by atoms with E-state index in [4.69, 9.17) is 9.84 Å². The summed E-state index contributed by atoms with van der Waals surface area (Å²) in [6.07, 6.45) is -2.81. The highest BCUT2D eigenvalue weighted by molar-refractivity contribution is 7.92. The van der Waals surface area contributed by atoms with Crippen molar-refractivity contribution in [3.63, 3.8) is 0 Å². The van der Waals surface area contributed by atoms with E-state index in [2.05, 4.69) is 0 Å². The molecule has 1 aliphatic rings. The Bertz CT molecular complexity index is 1500. The summed E-state index contributed by atoms with van der Waals surface area (Å²) in [7, 11) is -4.50. The molecule has 0 aromatic heterocycles. The number of hydrogen-bond acceptors (Lipinski definition) is 4. The van der Waals surface area contributed by atoms with Crippen molar-refractivity contribution in [2.45, 2.75) is 36.9 Å². The lowest BCUT2D eigenvalue weighted by Gasteiger charge is -2.35. The second kappa shape index (κ2) is 10.5. The van der Waals surface area contributed by atoms with Crippen LogP contribution < -0.4 is 9.04 Å². The van der Waals surface area contributed by atoms with Gasteiger partial charge in [0.25, 0.3) is 10.0 Å². The number of anilines is 1. The third-order valence-corrected chi connectivity index (χ3v) is 7.73. The van der Waals surface area contributed by atoms with Crippen molar-refractivity contribution >= 4 is 33.8 Å². The molecule has 11 heteroatoms. The van der Waals surface area contributed by atoms with Crippen molar-refractivity contribution in [2.75, 3.05) is 10.8 Å². The van der Waals surface area contributed by atoms with E-state index in [-0.39, 0.29) is 30.8 Å². The average molecular weight is 550 g/mol. The van der Waals surface area contributed by atoms with Gasteiger partial charge in [0.15, 0.2) is 0 Å². The molecule has 1 aliphatic heterocycles. The smallest absolute Gasteiger partial charge is 0.416 e. The number of benzene rings is 3. The molecule has 0 radical (unpaired) electrons. The molecule has 0 amide bonds. The van der Waals surface area contributed by atoms with E-state index in [0.717, 1.165) is 28.1 Å². The number of aryl methyl sites for hydroxylation is 1. The van der Waals surface area contributed by atoms with Crippen LogP contribution in [0.25, 0.3) is 12.2 Å². The SMILES string of the molecule is Cc1ccc(F)c(C=Cc2ccc3c(c2)N(S(=O)(=O)c2cccc(C(F)(F)F)c2)CC(CCC(=O)O)O3)c1. The first-order chi connectivity index (χ1) is 17.8. The number of carboxylic acid groups (broad SMARTS) is 1. The van der Waals surface area contributed by atoms with E-state index < -0.39 is 44.5 Å². The number of halogens is 4. The number of sulfonamides is 1. The van der Waals surface area contributed by atoms with Crippen LogP contribution in [0.3, 0.4) is 0 Å². The maximum absolute atomic E-state index is 14.2. The largest absolute Gasteiger partial charge is 0.486 e. The Hall–Kier alpha value is -3.86. The third kappa shape index (κ3) is 5.99. The fraction of sp³-hybridized carbons (Fsp3) is 0.222. The summed E-state index contributed by atoms with van der Waals surface area (Å²) in [6, 6.07) is 12.6. The monoisotopic (exact) mass is 549 g/mol. The van der Waals surface area contributed by atoms with Gasteiger partial charge in [0.2, 0.25) is 0 Å². The second-order valence-corrected chi connectivity index (χ2v) is 10.7. The van der Waals surface area contributed by atoms with Gasteiger partial charge < -0.3 is 9.84 Å². The highest BCUT2D eigenvalue weighted by Gasteiger charge is 2.37. The lowest BCUT2D eigenvalue weighted by Crippen LogP contribution is -2.43. The fourth-order valence-electron chi connectivity index (χ4n) is 4.03.